The van der Waals surface area contributed by atoms with Gasteiger partial charge in [0.25, 0.3) is 11.8 Å². The second kappa shape index (κ2) is 11.8. The Kier molecular flexibility index (Phi) is 8.21. The molecule has 0 fully saturated rings. The van der Waals surface area contributed by atoms with Crippen LogP contribution >= 0.6 is 8.38 Å². The third-order valence-electron chi connectivity index (χ3n) is 6.54. The van der Waals surface area contributed by atoms with Crippen LogP contribution in [0, 0.1) is 13.8 Å². The molecule has 0 bridgehead atoms. The molecule has 0 saturated carbocycles. The van der Waals surface area contributed by atoms with Crippen molar-refractivity contribution in [2.75, 3.05) is 18.5 Å². The molecule has 3 N–H and O–H groups in total. The van der Waals surface area contributed by atoms with Crippen LogP contribution in [0.4, 0.5) is 5.95 Å². The molecule has 3 heterocycles. The zero-order chi connectivity index (χ0) is 29.3. The number of nitrogens with one attached hydrogen (secondary N) is 1. The van der Waals surface area contributed by atoms with Gasteiger partial charge in [0.15, 0.2) is 0 Å². The number of carbonyl (C=O) groups excluding carboxylic acids is 2. The van der Waals surface area contributed by atoms with Gasteiger partial charge in [-0.3, -0.25) is 19.6 Å². The highest BCUT2D eigenvalue weighted by molar-refractivity contribution is 7.56. The van der Waals surface area contributed by atoms with E-state index in [1.54, 1.807) is 16.8 Å². The van der Waals surface area contributed by atoms with E-state index < -0.39 is 14.3 Å². The Labute approximate surface area is 238 Å². The summed E-state index contributed by atoms with van der Waals surface area (Å²) in [5, 5.41) is 9.03. The van der Waals surface area contributed by atoms with Crippen molar-refractivity contribution in [1.29, 1.82) is 0 Å². The van der Waals surface area contributed by atoms with Crippen molar-refractivity contribution in [2.24, 2.45) is 5.73 Å². The van der Waals surface area contributed by atoms with E-state index in [1.165, 1.54) is 0 Å². The number of hydrogen-bond acceptors (Lipinski definition) is 7. The quantitative estimate of drug-likeness (QED) is 0.210. The Bertz CT molecular complexity index is 1730. The number of rotatable bonds is 11. The molecule has 11 nitrogen and oxygen atoms in total. The highest BCUT2D eigenvalue weighted by Crippen LogP contribution is 2.37. The molecule has 214 valence electrons. The number of aryl methyl sites for hydroxylation is 3. The third kappa shape index (κ3) is 5.61. The van der Waals surface area contributed by atoms with Crippen LogP contribution in [0.2, 0.25) is 0 Å². The largest absolute Gasteiger partial charge is 0.460 e. The Morgan fingerprint density at radius 1 is 1.05 bits per heavy atom. The number of nitrogens with zero attached hydrogens (tertiary/aromatic N) is 4. The second-order valence-corrected chi connectivity index (χ2v) is 11.0. The van der Waals surface area contributed by atoms with Crippen molar-refractivity contribution < 1.29 is 23.1 Å². The highest BCUT2D eigenvalue weighted by atomic mass is 31.2. The number of hydrogen-bond donors (Lipinski definition) is 2. The minimum absolute atomic E-state index is 0.229. The van der Waals surface area contributed by atoms with Crippen LogP contribution in [0.3, 0.4) is 0 Å². The fourth-order valence-electron chi connectivity index (χ4n) is 4.84. The number of aromatic nitrogens is 4. The lowest BCUT2D eigenvalue weighted by Gasteiger charge is -2.16. The molecule has 2 aromatic carbocycles. The number of furan rings is 1. The van der Waals surface area contributed by atoms with Crippen LogP contribution in [0.25, 0.3) is 22.0 Å². The summed E-state index contributed by atoms with van der Waals surface area (Å²) in [6, 6.07) is 13.2. The number of carbonyl (C=O) groups is 2. The lowest BCUT2D eigenvalue weighted by Crippen LogP contribution is -2.20. The summed E-state index contributed by atoms with van der Waals surface area (Å²) in [6.45, 7) is 11.5. The maximum atomic E-state index is 13.4. The monoisotopic (exact) mass is 576 g/mol. The van der Waals surface area contributed by atoms with Gasteiger partial charge in [-0.15, -0.1) is 0 Å². The lowest BCUT2D eigenvalue weighted by molar-refractivity contribution is 0.0996. The van der Waals surface area contributed by atoms with E-state index in [0.29, 0.717) is 65.7 Å². The fraction of sp³-hybridized carbons (Fsp3) is 0.310. The normalized spacial score (nSPS) is 11.7. The van der Waals surface area contributed by atoms with Crippen LogP contribution in [0.15, 0.2) is 46.9 Å². The van der Waals surface area contributed by atoms with Gasteiger partial charge < -0.3 is 23.8 Å². The lowest BCUT2D eigenvalue weighted by atomic mass is 10.1. The average Bonchev–Trinajstić information content (AvgIpc) is 3.62. The van der Waals surface area contributed by atoms with Gasteiger partial charge >= 0.3 is 0 Å². The van der Waals surface area contributed by atoms with Crippen molar-refractivity contribution in [3.63, 3.8) is 0 Å². The standard InChI is InChI=1S/C29H33N6O5P/c1-6-35-24(13-17(4)33-35)28(37)32-29-31-23-15-22(27(30)36)26-21(14-18(5)40-26)25(23)34(29)16-19-9-11-20(12-10-19)41(38-7-2)39-8-3/h9-15H,6-8,16H2,1-5H3,(H2,30,36)(H,31,32,37). The number of imidazole rings is 1. The first-order valence-corrected chi connectivity index (χ1v) is 14.7. The van der Waals surface area contributed by atoms with Crippen molar-refractivity contribution in [1.82, 2.24) is 19.3 Å². The Balaban J connectivity index is 1.62. The molecule has 0 atom stereocenters. The maximum absolute atomic E-state index is 13.4. The molecule has 0 aliphatic rings. The number of primary amides is 1. The number of amides is 2. The molecule has 3 aromatic heterocycles. The third-order valence-corrected chi connectivity index (χ3v) is 8.24. The molecule has 5 rings (SSSR count). The average molecular weight is 577 g/mol. The zero-order valence-electron chi connectivity index (χ0n) is 23.7. The van der Waals surface area contributed by atoms with Crippen molar-refractivity contribution in [3.05, 3.63) is 70.7 Å². The van der Waals surface area contributed by atoms with Crippen molar-refractivity contribution in [3.8, 4) is 0 Å². The van der Waals surface area contributed by atoms with Crippen LogP contribution < -0.4 is 16.4 Å². The van der Waals surface area contributed by atoms with Gasteiger partial charge in [0.2, 0.25) is 14.3 Å². The van der Waals surface area contributed by atoms with Gasteiger partial charge in [0.05, 0.1) is 42.0 Å². The molecule has 0 aliphatic carbocycles. The summed E-state index contributed by atoms with van der Waals surface area (Å²) in [5.74, 6) is -0.0129. The fourth-order valence-corrected chi connectivity index (χ4v) is 6.08. The topological polar surface area (TPSA) is 139 Å². The molecular formula is C29H33N6O5P. The van der Waals surface area contributed by atoms with E-state index in [4.69, 9.17) is 24.2 Å². The molecule has 0 radical (unpaired) electrons. The SMILES string of the molecule is CCOP(OCC)c1ccc(Cn2c(NC(=O)c3cc(C)nn3CC)nc3cc(C(N)=O)c4oc(C)cc4c32)cc1. The van der Waals surface area contributed by atoms with E-state index >= 15 is 0 Å². The molecule has 0 spiro atoms. The Morgan fingerprint density at radius 3 is 2.39 bits per heavy atom. The predicted molar refractivity (Wildman–Crippen MR) is 159 cm³/mol. The first-order chi connectivity index (χ1) is 19.7. The van der Waals surface area contributed by atoms with E-state index in [0.717, 1.165) is 16.6 Å². The Morgan fingerprint density at radius 2 is 1.76 bits per heavy atom. The minimum Gasteiger partial charge on any atom is -0.460 e. The smallest absolute Gasteiger partial charge is 0.276 e. The summed E-state index contributed by atoms with van der Waals surface area (Å²) >= 11 is 0. The molecule has 0 unspecified atom stereocenters. The van der Waals surface area contributed by atoms with Gasteiger partial charge in [-0.05, 0) is 70.5 Å². The minimum atomic E-state index is -1.16. The summed E-state index contributed by atoms with van der Waals surface area (Å²) in [7, 11) is -1.16. The van der Waals surface area contributed by atoms with E-state index in [9.17, 15) is 9.59 Å². The summed E-state index contributed by atoms with van der Waals surface area (Å²) in [4.78, 5) is 30.5. The number of nitrogens with two attached hydrogens (primary N) is 1. The maximum Gasteiger partial charge on any atom is 0.276 e. The van der Waals surface area contributed by atoms with Crippen LogP contribution in [-0.4, -0.2) is 44.4 Å². The molecule has 12 heteroatoms. The number of fused-ring (bicyclic) bond motifs is 3. The van der Waals surface area contributed by atoms with Gasteiger partial charge in [-0.25, -0.2) is 4.98 Å². The first-order valence-electron chi connectivity index (χ1n) is 13.5. The van der Waals surface area contributed by atoms with Crippen LogP contribution in [0.1, 0.15) is 58.6 Å². The molecule has 0 saturated heterocycles. The first kappa shape index (κ1) is 28.5. The number of benzene rings is 2. The van der Waals surface area contributed by atoms with Gasteiger partial charge in [0, 0.05) is 17.2 Å². The van der Waals surface area contributed by atoms with Crippen LogP contribution in [0.5, 0.6) is 0 Å². The zero-order valence-corrected chi connectivity index (χ0v) is 24.6. The summed E-state index contributed by atoms with van der Waals surface area (Å²) in [5.41, 5.74) is 9.66. The molecule has 2 amide bonds. The highest BCUT2D eigenvalue weighted by Gasteiger charge is 2.24. The number of anilines is 1. The second-order valence-electron chi connectivity index (χ2n) is 9.48. The summed E-state index contributed by atoms with van der Waals surface area (Å²) < 4.78 is 21.1. The molecule has 5 aromatic rings. The van der Waals surface area contributed by atoms with E-state index in [-0.39, 0.29) is 11.5 Å². The Hall–Kier alpha value is -4.05. The van der Waals surface area contributed by atoms with Crippen LogP contribution in [-0.2, 0) is 22.1 Å². The van der Waals surface area contributed by atoms with Gasteiger partial charge in [0.1, 0.15) is 17.0 Å². The predicted octanol–water partition coefficient (Wildman–Crippen LogP) is 5.03. The van der Waals surface area contributed by atoms with Crippen molar-refractivity contribution >= 4 is 53.4 Å². The molecule has 41 heavy (non-hydrogen) atoms. The van der Waals surface area contributed by atoms with Gasteiger partial charge in [-0.1, -0.05) is 12.1 Å². The van der Waals surface area contributed by atoms with Crippen molar-refractivity contribution in [2.45, 2.75) is 47.7 Å². The van der Waals surface area contributed by atoms with E-state index in [1.807, 2.05) is 69.5 Å². The van der Waals surface area contributed by atoms with Gasteiger partial charge in [-0.2, -0.15) is 5.10 Å². The van der Waals surface area contributed by atoms with E-state index in [2.05, 4.69) is 10.4 Å². The molecular weight excluding hydrogens is 543 g/mol. The molecule has 0 aliphatic heterocycles. The summed E-state index contributed by atoms with van der Waals surface area (Å²) in [6.07, 6.45) is 0.